The first-order chi connectivity index (χ1) is 9.01. The fourth-order valence-corrected chi connectivity index (χ4v) is 2.43. The molecule has 2 aromatic rings. The van der Waals surface area contributed by atoms with Crippen LogP contribution in [0.1, 0.15) is 5.56 Å². The molecule has 0 amide bonds. The van der Waals surface area contributed by atoms with Crippen molar-refractivity contribution in [2.24, 2.45) is 5.73 Å². The van der Waals surface area contributed by atoms with Gasteiger partial charge >= 0.3 is 0 Å². The van der Waals surface area contributed by atoms with E-state index < -0.39 is 9.84 Å². The van der Waals surface area contributed by atoms with Gasteiger partial charge in [-0.15, -0.1) is 0 Å². The van der Waals surface area contributed by atoms with Crippen LogP contribution in [0, 0.1) is 0 Å². The van der Waals surface area contributed by atoms with Crippen LogP contribution in [0.15, 0.2) is 36.5 Å². The topological polar surface area (TPSA) is 78.0 Å². The largest absolute Gasteiger partial charge is 0.326 e. The Hall–Kier alpha value is -1.66. The summed E-state index contributed by atoms with van der Waals surface area (Å²) in [5, 5.41) is 4.24. The van der Waals surface area contributed by atoms with Crippen molar-refractivity contribution >= 4 is 9.84 Å². The van der Waals surface area contributed by atoms with Gasteiger partial charge in [-0.3, -0.25) is 4.68 Å². The van der Waals surface area contributed by atoms with Crippen molar-refractivity contribution in [2.45, 2.75) is 13.1 Å². The number of aryl methyl sites for hydroxylation is 1. The second-order valence-electron chi connectivity index (χ2n) is 4.44. The average Bonchev–Trinajstić information content (AvgIpc) is 2.79. The molecule has 0 spiro atoms. The van der Waals surface area contributed by atoms with Crippen molar-refractivity contribution in [3.8, 4) is 11.3 Å². The summed E-state index contributed by atoms with van der Waals surface area (Å²) < 4.78 is 24.2. The third-order valence-corrected chi connectivity index (χ3v) is 3.78. The Labute approximate surface area is 113 Å². The SMILES string of the molecule is CS(=O)(=O)CCn1ncc(CN)c1-c1ccccc1. The van der Waals surface area contributed by atoms with E-state index in [1.807, 2.05) is 30.3 Å². The molecule has 0 unspecified atom stereocenters. The third kappa shape index (κ3) is 3.42. The fourth-order valence-electron chi connectivity index (χ4n) is 1.93. The zero-order valence-corrected chi connectivity index (χ0v) is 11.6. The van der Waals surface area contributed by atoms with Crippen molar-refractivity contribution in [1.29, 1.82) is 0 Å². The first-order valence-electron chi connectivity index (χ1n) is 5.99. The van der Waals surface area contributed by atoms with Crippen molar-refractivity contribution < 1.29 is 8.42 Å². The van der Waals surface area contributed by atoms with Crippen LogP contribution in [0.4, 0.5) is 0 Å². The summed E-state index contributed by atoms with van der Waals surface area (Å²) in [6, 6.07) is 9.73. The van der Waals surface area contributed by atoms with Gasteiger partial charge in [0.25, 0.3) is 0 Å². The van der Waals surface area contributed by atoms with E-state index in [-0.39, 0.29) is 5.75 Å². The molecule has 1 aromatic carbocycles. The maximum atomic E-state index is 11.3. The molecule has 6 heteroatoms. The van der Waals surface area contributed by atoms with Crippen LogP contribution >= 0.6 is 0 Å². The van der Waals surface area contributed by atoms with Crippen LogP contribution in [0.2, 0.25) is 0 Å². The number of benzene rings is 1. The molecule has 0 bridgehead atoms. The van der Waals surface area contributed by atoms with Crippen LogP contribution in [0.5, 0.6) is 0 Å². The summed E-state index contributed by atoms with van der Waals surface area (Å²) in [7, 11) is -3.01. The second-order valence-corrected chi connectivity index (χ2v) is 6.70. The Morgan fingerprint density at radius 2 is 1.95 bits per heavy atom. The molecule has 0 saturated carbocycles. The summed E-state index contributed by atoms with van der Waals surface area (Å²) in [5.41, 5.74) is 8.52. The molecule has 0 aliphatic carbocycles. The van der Waals surface area contributed by atoms with E-state index in [1.54, 1.807) is 10.9 Å². The van der Waals surface area contributed by atoms with E-state index in [0.29, 0.717) is 13.1 Å². The van der Waals surface area contributed by atoms with E-state index in [2.05, 4.69) is 5.10 Å². The molecular weight excluding hydrogens is 262 g/mol. The molecule has 0 radical (unpaired) electrons. The smallest absolute Gasteiger partial charge is 0.149 e. The number of sulfone groups is 1. The zero-order valence-electron chi connectivity index (χ0n) is 10.8. The van der Waals surface area contributed by atoms with Crippen LogP contribution in [0.25, 0.3) is 11.3 Å². The fraction of sp³-hybridized carbons (Fsp3) is 0.308. The van der Waals surface area contributed by atoms with Crippen molar-refractivity contribution in [3.63, 3.8) is 0 Å². The highest BCUT2D eigenvalue weighted by Gasteiger charge is 2.13. The Bertz CT molecular complexity index is 648. The maximum absolute atomic E-state index is 11.3. The van der Waals surface area contributed by atoms with Crippen molar-refractivity contribution in [2.75, 3.05) is 12.0 Å². The van der Waals surface area contributed by atoms with Crippen LogP contribution in [-0.4, -0.2) is 30.2 Å². The Balaban J connectivity index is 2.38. The van der Waals surface area contributed by atoms with E-state index in [1.165, 1.54) is 6.26 Å². The number of nitrogens with two attached hydrogens (primary N) is 1. The first-order valence-corrected chi connectivity index (χ1v) is 8.05. The highest BCUT2D eigenvalue weighted by atomic mass is 32.2. The van der Waals surface area contributed by atoms with Gasteiger partial charge in [-0.05, 0) is 0 Å². The number of hydrogen-bond acceptors (Lipinski definition) is 4. The lowest BCUT2D eigenvalue weighted by Crippen LogP contribution is -2.13. The number of hydrogen-bond donors (Lipinski definition) is 1. The monoisotopic (exact) mass is 279 g/mol. The van der Waals surface area contributed by atoms with E-state index in [0.717, 1.165) is 16.8 Å². The minimum absolute atomic E-state index is 0.0680. The summed E-state index contributed by atoms with van der Waals surface area (Å²) in [5.74, 6) is 0.0680. The minimum Gasteiger partial charge on any atom is -0.326 e. The van der Waals surface area contributed by atoms with Gasteiger partial charge in [0.15, 0.2) is 0 Å². The van der Waals surface area contributed by atoms with E-state index in [9.17, 15) is 8.42 Å². The second kappa shape index (κ2) is 5.54. The normalized spacial score (nSPS) is 11.7. The van der Waals surface area contributed by atoms with Gasteiger partial charge in [0.2, 0.25) is 0 Å². The molecule has 1 aromatic heterocycles. The lowest BCUT2D eigenvalue weighted by molar-refractivity contribution is 0.587. The highest BCUT2D eigenvalue weighted by Crippen LogP contribution is 2.23. The summed E-state index contributed by atoms with van der Waals surface area (Å²) >= 11 is 0. The Kier molecular flexibility index (Phi) is 4.01. The zero-order chi connectivity index (χ0) is 13.9. The van der Waals surface area contributed by atoms with Crippen molar-refractivity contribution in [3.05, 3.63) is 42.1 Å². The van der Waals surface area contributed by atoms with Crippen molar-refractivity contribution in [1.82, 2.24) is 9.78 Å². The van der Waals surface area contributed by atoms with E-state index in [4.69, 9.17) is 5.73 Å². The molecule has 2 rings (SSSR count). The molecule has 0 atom stereocenters. The molecule has 0 saturated heterocycles. The number of aromatic nitrogens is 2. The van der Waals surface area contributed by atoms with Crippen LogP contribution in [0.3, 0.4) is 0 Å². The maximum Gasteiger partial charge on any atom is 0.149 e. The quantitative estimate of drug-likeness (QED) is 0.887. The number of nitrogens with zero attached hydrogens (tertiary/aromatic N) is 2. The lowest BCUT2D eigenvalue weighted by Gasteiger charge is -2.09. The van der Waals surface area contributed by atoms with Gasteiger partial charge in [0.1, 0.15) is 9.84 Å². The molecule has 102 valence electrons. The molecule has 0 aliphatic rings. The summed E-state index contributed by atoms with van der Waals surface area (Å²) in [4.78, 5) is 0. The van der Waals surface area contributed by atoms with Gasteiger partial charge in [-0.25, -0.2) is 8.42 Å². The van der Waals surface area contributed by atoms with Crippen LogP contribution < -0.4 is 5.73 Å². The summed E-state index contributed by atoms with van der Waals surface area (Å²) in [6.07, 6.45) is 2.92. The van der Waals surface area contributed by atoms with E-state index >= 15 is 0 Å². The predicted molar refractivity (Wildman–Crippen MR) is 75.3 cm³/mol. The van der Waals surface area contributed by atoms with Gasteiger partial charge in [-0.1, -0.05) is 30.3 Å². The van der Waals surface area contributed by atoms with Gasteiger partial charge < -0.3 is 5.73 Å². The lowest BCUT2D eigenvalue weighted by atomic mass is 10.1. The highest BCUT2D eigenvalue weighted by molar-refractivity contribution is 7.90. The van der Waals surface area contributed by atoms with Gasteiger partial charge in [0, 0.05) is 23.9 Å². The van der Waals surface area contributed by atoms with Gasteiger partial charge in [0.05, 0.1) is 24.2 Å². The molecule has 5 nitrogen and oxygen atoms in total. The number of rotatable bonds is 5. The van der Waals surface area contributed by atoms with Gasteiger partial charge in [-0.2, -0.15) is 5.10 Å². The Morgan fingerprint density at radius 3 is 2.53 bits per heavy atom. The van der Waals surface area contributed by atoms with Crippen LogP contribution in [-0.2, 0) is 22.9 Å². The third-order valence-electron chi connectivity index (χ3n) is 2.86. The molecule has 1 heterocycles. The molecular formula is C13H17N3O2S. The molecule has 2 N–H and O–H groups in total. The predicted octanol–water partition coefficient (Wildman–Crippen LogP) is 1.05. The summed E-state index contributed by atoms with van der Waals surface area (Å²) in [6.45, 7) is 0.714. The minimum atomic E-state index is -3.01. The standard InChI is InChI=1S/C13H17N3O2S/c1-19(17,18)8-7-16-13(12(9-14)10-15-16)11-5-3-2-4-6-11/h2-6,10H,7-9,14H2,1H3. The first kappa shape index (κ1) is 13.8. The average molecular weight is 279 g/mol. The molecule has 0 fully saturated rings. The molecule has 0 aliphatic heterocycles. The molecule has 19 heavy (non-hydrogen) atoms. The Morgan fingerprint density at radius 1 is 1.26 bits per heavy atom.